The number of carbonyl (C=O) groups excluding carboxylic acids is 1. The molecule has 51 heavy (non-hydrogen) atoms. The highest BCUT2D eigenvalue weighted by molar-refractivity contribution is 5.76. The number of nitrogens with one attached hydrogen (secondary N) is 1. The van der Waals surface area contributed by atoms with E-state index in [9.17, 15) is 15.0 Å². The molecule has 4 heteroatoms. The van der Waals surface area contributed by atoms with Gasteiger partial charge in [0.05, 0.1) is 18.8 Å². The first-order valence-corrected chi connectivity index (χ1v) is 23.1. The maximum absolute atomic E-state index is 12.4. The summed E-state index contributed by atoms with van der Waals surface area (Å²) < 4.78 is 0. The van der Waals surface area contributed by atoms with Crippen molar-refractivity contribution in [3.05, 3.63) is 24.3 Å². The lowest BCUT2D eigenvalue weighted by Crippen LogP contribution is -2.45. The number of aliphatic hydroxyl groups is 2. The predicted octanol–water partition coefficient (Wildman–Crippen LogP) is 14.4. The number of carbonyl (C=O) groups is 1. The number of aliphatic hydroxyl groups excluding tert-OH is 2. The van der Waals surface area contributed by atoms with E-state index in [0.717, 1.165) is 25.7 Å². The Morgan fingerprint density at radius 3 is 1.08 bits per heavy atom. The molecule has 0 heterocycles. The monoisotopic (exact) mass is 718 g/mol. The molecule has 0 saturated carbocycles. The summed E-state index contributed by atoms with van der Waals surface area (Å²) >= 11 is 0. The summed E-state index contributed by atoms with van der Waals surface area (Å²) in [5.41, 5.74) is 0. The smallest absolute Gasteiger partial charge is 0.220 e. The highest BCUT2D eigenvalue weighted by atomic mass is 16.3. The first-order valence-electron chi connectivity index (χ1n) is 23.1. The van der Waals surface area contributed by atoms with E-state index < -0.39 is 12.1 Å². The van der Waals surface area contributed by atoms with E-state index in [1.807, 2.05) is 6.08 Å². The van der Waals surface area contributed by atoms with Gasteiger partial charge in [-0.1, -0.05) is 224 Å². The molecule has 1 amide bonds. The fourth-order valence-electron chi connectivity index (χ4n) is 7.11. The zero-order valence-electron chi connectivity index (χ0n) is 34.6. The molecule has 0 aliphatic rings. The minimum Gasteiger partial charge on any atom is -0.394 e. The molecule has 0 aromatic heterocycles. The Morgan fingerprint density at radius 2 is 0.745 bits per heavy atom. The second kappa shape index (κ2) is 43.3. The molecule has 0 saturated heterocycles. The number of hydrogen-bond acceptors (Lipinski definition) is 3. The number of allylic oxidation sites excluding steroid dienone is 3. The normalized spacial score (nSPS) is 13.1. The van der Waals surface area contributed by atoms with Crippen LogP contribution < -0.4 is 5.32 Å². The first-order chi connectivity index (χ1) is 25.2. The van der Waals surface area contributed by atoms with Gasteiger partial charge in [-0.15, -0.1) is 0 Å². The third kappa shape index (κ3) is 39.9. The topological polar surface area (TPSA) is 69.6 Å². The minimum absolute atomic E-state index is 0.0661. The van der Waals surface area contributed by atoms with Crippen LogP contribution >= 0.6 is 0 Å². The lowest BCUT2D eigenvalue weighted by atomic mass is 10.0. The predicted molar refractivity (Wildman–Crippen MR) is 225 cm³/mol. The second-order valence-electron chi connectivity index (χ2n) is 15.8. The molecule has 302 valence electrons. The summed E-state index contributed by atoms with van der Waals surface area (Å²) in [6.45, 7) is 4.32. The van der Waals surface area contributed by atoms with E-state index in [-0.39, 0.29) is 12.5 Å². The van der Waals surface area contributed by atoms with Gasteiger partial charge in [0.25, 0.3) is 0 Å². The number of hydrogen-bond donors (Lipinski definition) is 3. The molecule has 0 aliphatic heterocycles. The Balaban J connectivity index is 3.54. The molecule has 0 fully saturated rings. The Hall–Kier alpha value is -1.13. The molecule has 0 aromatic rings. The van der Waals surface area contributed by atoms with Gasteiger partial charge in [0.1, 0.15) is 0 Å². The molecule has 0 spiro atoms. The molecule has 4 nitrogen and oxygen atoms in total. The van der Waals surface area contributed by atoms with Crippen LogP contribution in [0.15, 0.2) is 24.3 Å². The van der Waals surface area contributed by atoms with E-state index in [2.05, 4.69) is 31.3 Å². The maximum Gasteiger partial charge on any atom is 0.220 e. The summed E-state index contributed by atoms with van der Waals surface area (Å²) in [6.07, 6.45) is 55.8. The van der Waals surface area contributed by atoms with Crippen molar-refractivity contribution in [2.24, 2.45) is 0 Å². The van der Waals surface area contributed by atoms with Crippen LogP contribution in [-0.4, -0.2) is 34.9 Å². The largest absolute Gasteiger partial charge is 0.394 e. The summed E-state index contributed by atoms with van der Waals surface area (Å²) in [7, 11) is 0. The zero-order valence-corrected chi connectivity index (χ0v) is 34.6. The second-order valence-corrected chi connectivity index (χ2v) is 15.8. The van der Waals surface area contributed by atoms with Crippen LogP contribution in [0.1, 0.15) is 251 Å². The Morgan fingerprint density at radius 1 is 0.451 bits per heavy atom. The van der Waals surface area contributed by atoms with Gasteiger partial charge in [0, 0.05) is 6.42 Å². The van der Waals surface area contributed by atoms with Crippen LogP contribution in [0.25, 0.3) is 0 Å². The molecule has 0 aliphatic carbocycles. The SMILES string of the molecule is CCCCCCCCC/C=C\CCCCCCCCCC(=O)NC(CO)C(O)/C=C/CCCCCCCCCCCCCCCCCCCCC. The summed E-state index contributed by atoms with van der Waals surface area (Å²) in [5.74, 6) is -0.0661. The van der Waals surface area contributed by atoms with Gasteiger partial charge < -0.3 is 15.5 Å². The summed E-state index contributed by atoms with van der Waals surface area (Å²) in [5, 5.41) is 23.1. The van der Waals surface area contributed by atoms with Crippen LogP contribution in [0.4, 0.5) is 0 Å². The van der Waals surface area contributed by atoms with Gasteiger partial charge in [-0.2, -0.15) is 0 Å². The fraction of sp³-hybridized carbons (Fsp3) is 0.894. The zero-order chi connectivity index (χ0) is 37.1. The molecule has 0 rings (SSSR count). The first kappa shape index (κ1) is 49.9. The van der Waals surface area contributed by atoms with Gasteiger partial charge in [-0.05, 0) is 44.9 Å². The lowest BCUT2D eigenvalue weighted by Gasteiger charge is -2.20. The average molecular weight is 718 g/mol. The van der Waals surface area contributed by atoms with Crippen LogP contribution in [0.5, 0.6) is 0 Å². The number of amides is 1. The molecule has 2 unspecified atom stereocenters. The van der Waals surface area contributed by atoms with E-state index in [0.29, 0.717) is 6.42 Å². The van der Waals surface area contributed by atoms with Crippen molar-refractivity contribution in [1.29, 1.82) is 0 Å². The third-order valence-corrected chi connectivity index (χ3v) is 10.7. The maximum atomic E-state index is 12.4. The van der Waals surface area contributed by atoms with Crippen molar-refractivity contribution >= 4 is 5.91 Å². The third-order valence-electron chi connectivity index (χ3n) is 10.7. The van der Waals surface area contributed by atoms with Crippen LogP contribution in [0.2, 0.25) is 0 Å². The molecule has 0 radical (unpaired) electrons. The molecule has 2 atom stereocenters. The van der Waals surface area contributed by atoms with Crippen LogP contribution in [0.3, 0.4) is 0 Å². The molecular weight excluding hydrogens is 627 g/mol. The van der Waals surface area contributed by atoms with Crippen molar-refractivity contribution in [2.45, 2.75) is 264 Å². The van der Waals surface area contributed by atoms with Crippen molar-refractivity contribution < 1.29 is 15.0 Å². The van der Waals surface area contributed by atoms with E-state index in [4.69, 9.17) is 0 Å². The van der Waals surface area contributed by atoms with Crippen molar-refractivity contribution in [3.8, 4) is 0 Å². The Labute approximate surface area is 319 Å². The Kier molecular flexibility index (Phi) is 42.3. The van der Waals surface area contributed by atoms with Crippen molar-refractivity contribution in [2.75, 3.05) is 6.61 Å². The minimum atomic E-state index is -0.838. The van der Waals surface area contributed by atoms with Gasteiger partial charge in [0.15, 0.2) is 0 Å². The van der Waals surface area contributed by atoms with Gasteiger partial charge in [-0.3, -0.25) is 4.79 Å². The number of rotatable bonds is 42. The van der Waals surface area contributed by atoms with E-state index >= 15 is 0 Å². The van der Waals surface area contributed by atoms with E-state index in [1.165, 1.54) is 205 Å². The average Bonchev–Trinajstić information content (AvgIpc) is 3.13. The van der Waals surface area contributed by atoms with Gasteiger partial charge in [0.2, 0.25) is 5.91 Å². The van der Waals surface area contributed by atoms with Crippen LogP contribution in [-0.2, 0) is 4.79 Å². The quantitative estimate of drug-likeness (QED) is 0.0435. The number of unbranched alkanes of at least 4 members (excludes halogenated alkanes) is 33. The van der Waals surface area contributed by atoms with E-state index in [1.54, 1.807) is 6.08 Å². The summed E-state index contributed by atoms with van der Waals surface area (Å²) in [4.78, 5) is 12.4. The van der Waals surface area contributed by atoms with Gasteiger partial charge in [-0.25, -0.2) is 0 Å². The lowest BCUT2D eigenvalue weighted by molar-refractivity contribution is -0.123. The van der Waals surface area contributed by atoms with Crippen molar-refractivity contribution in [1.82, 2.24) is 5.32 Å². The van der Waals surface area contributed by atoms with Crippen LogP contribution in [0, 0.1) is 0 Å². The highest BCUT2D eigenvalue weighted by Gasteiger charge is 2.17. The van der Waals surface area contributed by atoms with Crippen molar-refractivity contribution in [3.63, 3.8) is 0 Å². The molecule has 0 bridgehead atoms. The molecule has 3 N–H and O–H groups in total. The summed E-state index contributed by atoms with van der Waals surface area (Å²) in [6, 6.07) is -0.622. The van der Waals surface area contributed by atoms with Gasteiger partial charge >= 0.3 is 0 Å². The molecular formula is C47H91NO3. The highest BCUT2D eigenvalue weighted by Crippen LogP contribution is 2.16. The Bertz CT molecular complexity index is 735. The standard InChI is InChI=1S/C47H91NO3/c1-3-5-7-9-11-13-15-17-19-21-23-24-25-26-28-30-32-34-36-38-40-42-46(50)45(44-49)48-47(51)43-41-39-37-35-33-31-29-27-22-20-18-16-14-12-10-8-6-4-2/h20,22,40,42,45-46,49-50H,3-19,21,23-39,41,43-44H2,1-2H3,(H,48,51)/b22-20-,42-40+. The molecule has 0 aromatic carbocycles. The fourth-order valence-corrected chi connectivity index (χ4v) is 7.11.